The van der Waals surface area contributed by atoms with E-state index in [-0.39, 0.29) is 12.5 Å². The van der Waals surface area contributed by atoms with Gasteiger partial charge in [0.05, 0.1) is 11.1 Å². The number of hydrogen-bond donors (Lipinski definition) is 2. The quantitative estimate of drug-likeness (QED) is 0.754. The number of thioether (sulfide) groups is 1. The minimum absolute atomic E-state index is 0.207. The summed E-state index contributed by atoms with van der Waals surface area (Å²) in [4.78, 5) is 4.23. The second kappa shape index (κ2) is 6.10. The van der Waals surface area contributed by atoms with Gasteiger partial charge in [0, 0.05) is 18.6 Å². The number of nitrogens with zero attached hydrogens (tertiary/aromatic N) is 1. The molecule has 0 amide bonds. The van der Waals surface area contributed by atoms with Gasteiger partial charge in [-0.1, -0.05) is 13.0 Å². The van der Waals surface area contributed by atoms with Crippen LogP contribution in [0.1, 0.15) is 25.5 Å². The summed E-state index contributed by atoms with van der Waals surface area (Å²) >= 11 is 1.62. The van der Waals surface area contributed by atoms with Gasteiger partial charge in [-0.05, 0) is 24.5 Å². The van der Waals surface area contributed by atoms with Crippen LogP contribution in [0.5, 0.6) is 0 Å². The molecule has 2 N–H and O–H groups in total. The van der Waals surface area contributed by atoms with Gasteiger partial charge in [-0.15, -0.1) is 11.8 Å². The fraction of sp³-hybridized carbons (Fsp3) is 0.545. The van der Waals surface area contributed by atoms with Gasteiger partial charge < -0.3 is 10.2 Å². The summed E-state index contributed by atoms with van der Waals surface area (Å²) < 4.78 is 0. The fourth-order valence-electron chi connectivity index (χ4n) is 1.00. The average molecular weight is 227 g/mol. The molecule has 1 rings (SSSR count). The van der Waals surface area contributed by atoms with Crippen LogP contribution in [0.3, 0.4) is 0 Å². The SMILES string of the molecule is CC(CO)CSc1ccc([C@@H](C)O)cn1. The van der Waals surface area contributed by atoms with Crippen molar-refractivity contribution in [1.82, 2.24) is 4.98 Å². The van der Waals surface area contributed by atoms with E-state index < -0.39 is 6.10 Å². The second-order valence-corrected chi connectivity index (χ2v) is 4.74. The lowest BCUT2D eigenvalue weighted by Crippen LogP contribution is -2.03. The van der Waals surface area contributed by atoms with Crippen molar-refractivity contribution in [3.8, 4) is 0 Å². The van der Waals surface area contributed by atoms with E-state index in [2.05, 4.69) is 4.98 Å². The van der Waals surface area contributed by atoms with E-state index in [0.29, 0.717) is 0 Å². The third kappa shape index (κ3) is 4.20. The van der Waals surface area contributed by atoms with Crippen molar-refractivity contribution in [2.24, 2.45) is 5.92 Å². The normalized spacial score (nSPS) is 14.9. The number of pyridine rings is 1. The number of aliphatic hydroxyl groups excluding tert-OH is 2. The van der Waals surface area contributed by atoms with Crippen molar-refractivity contribution >= 4 is 11.8 Å². The van der Waals surface area contributed by atoms with Gasteiger partial charge in [-0.2, -0.15) is 0 Å². The van der Waals surface area contributed by atoms with Gasteiger partial charge in [0.15, 0.2) is 0 Å². The Morgan fingerprint density at radius 1 is 1.40 bits per heavy atom. The Bertz CT molecular complexity index is 287. The highest BCUT2D eigenvalue weighted by Gasteiger charge is 2.04. The molecule has 3 nitrogen and oxygen atoms in total. The van der Waals surface area contributed by atoms with Gasteiger partial charge in [0.25, 0.3) is 0 Å². The van der Waals surface area contributed by atoms with Crippen molar-refractivity contribution in [2.75, 3.05) is 12.4 Å². The van der Waals surface area contributed by atoms with Crippen LogP contribution in [-0.4, -0.2) is 27.6 Å². The van der Waals surface area contributed by atoms with Crippen molar-refractivity contribution in [3.05, 3.63) is 23.9 Å². The number of aliphatic hydroxyl groups is 2. The summed E-state index contributed by atoms with van der Waals surface area (Å²) in [7, 11) is 0. The highest BCUT2D eigenvalue weighted by molar-refractivity contribution is 7.99. The molecule has 2 atom stereocenters. The molecule has 84 valence electrons. The molecule has 1 aromatic rings. The molecule has 0 saturated carbocycles. The zero-order valence-electron chi connectivity index (χ0n) is 9.05. The Morgan fingerprint density at radius 3 is 2.60 bits per heavy atom. The number of aromatic nitrogens is 1. The molecule has 0 radical (unpaired) electrons. The lowest BCUT2D eigenvalue weighted by atomic mass is 10.2. The first-order chi connectivity index (χ1) is 7.13. The molecule has 0 aliphatic heterocycles. The monoisotopic (exact) mass is 227 g/mol. The first kappa shape index (κ1) is 12.5. The van der Waals surface area contributed by atoms with Crippen LogP contribution >= 0.6 is 11.8 Å². The lowest BCUT2D eigenvalue weighted by molar-refractivity contribution is 0.198. The summed E-state index contributed by atoms with van der Waals surface area (Å²) in [5.41, 5.74) is 0.828. The molecule has 0 fully saturated rings. The molecule has 15 heavy (non-hydrogen) atoms. The molecule has 0 aliphatic rings. The predicted molar refractivity (Wildman–Crippen MR) is 61.8 cm³/mol. The lowest BCUT2D eigenvalue weighted by Gasteiger charge is -2.07. The largest absolute Gasteiger partial charge is 0.396 e. The molecular weight excluding hydrogens is 210 g/mol. The first-order valence-electron chi connectivity index (χ1n) is 5.01. The van der Waals surface area contributed by atoms with Gasteiger partial charge in [-0.25, -0.2) is 4.98 Å². The Kier molecular flexibility index (Phi) is 5.08. The van der Waals surface area contributed by atoms with E-state index in [4.69, 9.17) is 5.11 Å². The number of rotatable bonds is 5. The third-order valence-corrected chi connectivity index (χ3v) is 3.34. The highest BCUT2D eigenvalue weighted by atomic mass is 32.2. The molecule has 1 unspecified atom stereocenters. The van der Waals surface area contributed by atoms with Crippen LogP contribution in [-0.2, 0) is 0 Å². The minimum atomic E-state index is -0.465. The van der Waals surface area contributed by atoms with E-state index in [0.717, 1.165) is 16.3 Å². The van der Waals surface area contributed by atoms with Crippen LogP contribution in [0.25, 0.3) is 0 Å². The fourth-order valence-corrected chi connectivity index (χ4v) is 1.86. The molecule has 0 aromatic carbocycles. The number of hydrogen-bond acceptors (Lipinski definition) is 4. The van der Waals surface area contributed by atoms with Crippen LogP contribution in [0.15, 0.2) is 23.4 Å². The molecule has 0 spiro atoms. The smallest absolute Gasteiger partial charge is 0.0960 e. The second-order valence-electron chi connectivity index (χ2n) is 3.70. The van der Waals surface area contributed by atoms with Crippen LogP contribution in [0.2, 0.25) is 0 Å². The maximum atomic E-state index is 9.29. The third-order valence-electron chi connectivity index (χ3n) is 2.07. The molecule has 1 heterocycles. The average Bonchev–Trinajstić information content (AvgIpc) is 2.26. The Labute approximate surface area is 94.6 Å². The Morgan fingerprint density at radius 2 is 2.13 bits per heavy atom. The van der Waals surface area contributed by atoms with E-state index in [1.165, 1.54) is 0 Å². The molecule has 0 saturated heterocycles. The van der Waals surface area contributed by atoms with Gasteiger partial charge in [0.1, 0.15) is 0 Å². The highest BCUT2D eigenvalue weighted by Crippen LogP contribution is 2.20. The van der Waals surface area contributed by atoms with Crippen molar-refractivity contribution in [3.63, 3.8) is 0 Å². The van der Waals surface area contributed by atoms with E-state index in [1.807, 2.05) is 19.1 Å². The zero-order valence-corrected chi connectivity index (χ0v) is 9.87. The Hall–Kier alpha value is -0.580. The maximum absolute atomic E-state index is 9.29. The van der Waals surface area contributed by atoms with Gasteiger partial charge >= 0.3 is 0 Å². The van der Waals surface area contributed by atoms with E-state index in [1.54, 1.807) is 24.9 Å². The predicted octanol–water partition coefficient (Wildman–Crippen LogP) is 1.86. The van der Waals surface area contributed by atoms with Crippen LogP contribution in [0, 0.1) is 5.92 Å². The van der Waals surface area contributed by atoms with E-state index in [9.17, 15) is 5.11 Å². The molecular formula is C11H17NO2S. The summed E-state index contributed by atoms with van der Waals surface area (Å²) in [5.74, 6) is 1.14. The molecule has 0 bridgehead atoms. The van der Waals surface area contributed by atoms with E-state index >= 15 is 0 Å². The standard InChI is InChI=1S/C11H17NO2S/c1-8(6-13)7-15-11-4-3-10(5-12-11)9(2)14/h3-5,8-9,13-14H,6-7H2,1-2H3/t8?,9-/m1/s1. The first-order valence-corrected chi connectivity index (χ1v) is 5.99. The van der Waals surface area contributed by atoms with Crippen molar-refractivity contribution in [1.29, 1.82) is 0 Å². The summed E-state index contributed by atoms with van der Waals surface area (Å²) in [5, 5.41) is 19.1. The zero-order chi connectivity index (χ0) is 11.3. The molecule has 4 heteroatoms. The summed E-state index contributed by atoms with van der Waals surface area (Å²) in [6.07, 6.45) is 1.23. The molecule has 1 aromatic heterocycles. The van der Waals surface area contributed by atoms with Gasteiger partial charge in [0.2, 0.25) is 0 Å². The summed E-state index contributed by atoms with van der Waals surface area (Å²) in [6, 6.07) is 3.78. The van der Waals surface area contributed by atoms with Crippen molar-refractivity contribution in [2.45, 2.75) is 25.0 Å². The minimum Gasteiger partial charge on any atom is -0.396 e. The summed E-state index contributed by atoms with van der Waals surface area (Å²) in [6.45, 7) is 3.92. The molecule has 0 aliphatic carbocycles. The van der Waals surface area contributed by atoms with Gasteiger partial charge in [-0.3, -0.25) is 0 Å². The van der Waals surface area contributed by atoms with Crippen molar-refractivity contribution < 1.29 is 10.2 Å². The maximum Gasteiger partial charge on any atom is 0.0960 e. The van der Waals surface area contributed by atoms with Crippen LogP contribution < -0.4 is 0 Å². The van der Waals surface area contributed by atoms with Crippen LogP contribution in [0.4, 0.5) is 0 Å². The topological polar surface area (TPSA) is 53.4 Å². The Balaban J connectivity index is 2.50.